The van der Waals surface area contributed by atoms with Crippen LogP contribution in [0.15, 0.2) is 30.5 Å². The molecule has 76 valence electrons. The van der Waals surface area contributed by atoms with Crippen molar-refractivity contribution in [3.05, 3.63) is 41.0 Å². The molecule has 1 aromatic heterocycles. The number of benzene rings is 1. The summed E-state index contributed by atoms with van der Waals surface area (Å²) in [7, 11) is 0. The van der Waals surface area contributed by atoms with E-state index in [1.54, 1.807) is 0 Å². The first kappa shape index (κ1) is 9.10. The monoisotopic (exact) mass is 215 g/mol. The van der Waals surface area contributed by atoms with E-state index in [9.17, 15) is 0 Å². The van der Waals surface area contributed by atoms with Gasteiger partial charge in [0.25, 0.3) is 0 Å². The predicted octanol–water partition coefficient (Wildman–Crippen LogP) is 4.00. The third-order valence-corrected chi connectivity index (χ3v) is 3.96. The zero-order valence-corrected chi connectivity index (χ0v) is 9.55. The van der Waals surface area contributed by atoms with E-state index < -0.39 is 0 Å². The summed E-state index contributed by atoms with van der Waals surface area (Å²) in [5.74, 6) is 0.772. The van der Waals surface area contributed by atoms with Gasteiger partial charge in [0.2, 0.25) is 0 Å². The van der Waals surface area contributed by atoms with Crippen molar-refractivity contribution in [3.63, 3.8) is 0 Å². The van der Waals surface area contributed by atoms with Gasteiger partial charge in [-0.15, -0.1) is 11.3 Å². The molecule has 1 heterocycles. The molecule has 0 saturated heterocycles. The number of hydrogen-bond donors (Lipinski definition) is 0. The van der Waals surface area contributed by atoms with Crippen LogP contribution < -0.4 is 0 Å². The summed E-state index contributed by atoms with van der Waals surface area (Å²) in [6.07, 6.45) is 4.69. The largest absolute Gasteiger partial charge is 0.249 e. The van der Waals surface area contributed by atoms with Crippen molar-refractivity contribution < 1.29 is 0 Å². The standard InChI is InChI=1S/C13H13NS/c1-9-3-2-4-11(7-9)12-8-14-13(15-12)10-5-6-10/h2-4,7-8,10H,5-6H2,1H3. The van der Waals surface area contributed by atoms with Gasteiger partial charge in [0.1, 0.15) is 0 Å². The van der Waals surface area contributed by atoms with Crippen LogP contribution in [0.25, 0.3) is 10.4 Å². The molecule has 2 aromatic rings. The van der Waals surface area contributed by atoms with Crippen LogP contribution in [-0.2, 0) is 0 Å². The molecule has 0 N–H and O–H groups in total. The third-order valence-electron chi connectivity index (χ3n) is 2.75. The second-order valence-corrected chi connectivity index (χ2v) is 5.27. The van der Waals surface area contributed by atoms with Crippen LogP contribution in [0.1, 0.15) is 29.3 Å². The minimum Gasteiger partial charge on any atom is -0.249 e. The first-order valence-electron chi connectivity index (χ1n) is 5.36. The first-order valence-corrected chi connectivity index (χ1v) is 6.17. The van der Waals surface area contributed by atoms with Crippen LogP contribution >= 0.6 is 11.3 Å². The molecule has 0 amide bonds. The van der Waals surface area contributed by atoms with E-state index in [1.807, 2.05) is 17.5 Å². The van der Waals surface area contributed by atoms with Crippen molar-refractivity contribution in [1.29, 1.82) is 0 Å². The second kappa shape index (κ2) is 3.46. The highest BCUT2D eigenvalue weighted by Crippen LogP contribution is 2.43. The van der Waals surface area contributed by atoms with Gasteiger partial charge in [-0.1, -0.05) is 29.8 Å². The van der Waals surface area contributed by atoms with Crippen LogP contribution in [-0.4, -0.2) is 4.98 Å². The van der Waals surface area contributed by atoms with E-state index in [4.69, 9.17) is 0 Å². The molecule has 0 spiro atoms. The molecule has 2 heteroatoms. The molecule has 1 aliphatic rings. The topological polar surface area (TPSA) is 12.9 Å². The molecular weight excluding hydrogens is 202 g/mol. The van der Waals surface area contributed by atoms with Crippen molar-refractivity contribution in [2.45, 2.75) is 25.7 Å². The first-order chi connectivity index (χ1) is 7.33. The van der Waals surface area contributed by atoms with Crippen LogP contribution in [0.2, 0.25) is 0 Å². The molecule has 15 heavy (non-hydrogen) atoms. The number of hydrogen-bond acceptors (Lipinski definition) is 2. The lowest BCUT2D eigenvalue weighted by molar-refractivity contribution is 1.08. The average Bonchev–Trinajstić information content (AvgIpc) is 2.97. The average molecular weight is 215 g/mol. The van der Waals surface area contributed by atoms with Gasteiger partial charge in [-0.3, -0.25) is 0 Å². The summed E-state index contributed by atoms with van der Waals surface area (Å²) >= 11 is 1.85. The molecule has 0 atom stereocenters. The van der Waals surface area contributed by atoms with Crippen LogP contribution in [0.3, 0.4) is 0 Å². The molecule has 0 aliphatic heterocycles. The summed E-state index contributed by atoms with van der Waals surface area (Å²) in [5.41, 5.74) is 2.62. The Morgan fingerprint density at radius 3 is 2.93 bits per heavy atom. The lowest BCUT2D eigenvalue weighted by atomic mass is 10.1. The van der Waals surface area contributed by atoms with Gasteiger partial charge in [0, 0.05) is 12.1 Å². The SMILES string of the molecule is Cc1cccc(-c2cnc(C3CC3)s2)c1. The van der Waals surface area contributed by atoms with Gasteiger partial charge in [-0.2, -0.15) is 0 Å². The van der Waals surface area contributed by atoms with E-state index in [2.05, 4.69) is 36.2 Å². The normalized spacial score (nSPS) is 15.5. The van der Waals surface area contributed by atoms with E-state index in [1.165, 1.54) is 33.9 Å². The summed E-state index contributed by atoms with van der Waals surface area (Å²) in [4.78, 5) is 5.81. The Hall–Kier alpha value is -1.15. The Balaban J connectivity index is 1.97. The Bertz CT molecular complexity index is 483. The fraction of sp³-hybridized carbons (Fsp3) is 0.308. The van der Waals surface area contributed by atoms with Gasteiger partial charge in [-0.05, 0) is 25.3 Å². The quantitative estimate of drug-likeness (QED) is 0.738. The molecule has 0 bridgehead atoms. The second-order valence-electron chi connectivity index (χ2n) is 4.21. The van der Waals surface area contributed by atoms with E-state index >= 15 is 0 Å². The summed E-state index contributed by atoms with van der Waals surface area (Å²) in [6, 6.07) is 8.63. The maximum absolute atomic E-state index is 4.50. The van der Waals surface area contributed by atoms with Gasteiger partial charge in [0.05, 0.1) is 9.88 Å². The van der Waals surface area contributed by atoms with Gasteiger partial charge < -0.3 is 0 Å². The van der Waals surface area contributed by atoms with Crippen molar-refractivity contribution in [2.24, 2.45) is 0 Å². The molecule has 1 nitrogen and oxygen atoms in total. The highest BCUT2D eigenvalue weighted by Gasteiger charge is 2.26. The summed E-state index contributed by atoms with van der Waals surface area (Å²) in [6.45, 7) is 2.13. The molecule has 1 aromatic carbocycles. The number of rotatable bonds is 2. The van der Waals surface area contributed by atoms with Crippen molar-refractivity contribution in [2.75, 3.05) is 0 Å². The Kier molecular flexibility index (Phi) is 2.10. The zero-order chi connectivity index (χ0) is 10.3. The minimum atomic E-state index is 0.772. The molecule has 1 aliphatic carbocycles. The Morgan fingerprint density at radius 2 is 2.20 bits per heavy atom. The van der Waals surface area contributed by atoms with Crippen molar-refractivity contribution in [3.8, 4) is 10.4 Å². The summed E-state index contributed by atoms with van der Waals surface area (Å²) < 4.78 is 0. The Morgan fingerprint density at radius 1 is 1.33 bits per heavy atom. The van der Waals surface area contributed by atoms with E-state index in [-0.39, 0.29) is 0 Å². The molecule has 0 radical (unpaired) electrons. The number of aromatic nitrogens is 1. The fourth-order valence-corrected chi connectivity index (χ4v) is 2.82. The smallest absolute Gasteiger partial charge is 0.0962 e. The number of thiazole rings is 1. The predicted molar refractivity (Wildman–Crippen MR) is 64.3 cm³/mol. The number of nitrogens with zero attached hydrogens (tertiary/aromatic N) is 1. The highest BCUT2D eigenvalue weighted by atomic mass is 32.1. The lowest BCUT2D eigenvalue weighted by Crippen LogP contribution is -1.74. The number of aryl methyl sites for hydroxylation is 1. The van der Waals surface area contributed by atoms with Crippen molar-refractivity contribution in [1.82, 2.24) is 4.98 Å². The molecular formula is C13H13NS. The van der Waals surface area contributed by atoms with Crippen LogP contribution in [0.5, 0.6) is 0 Å². The fourth-order valence-electron chi connectivity index (χ4n) is 1.74. The molecule has 3 rings (SSSR count). The molecule has 1 fully saturated rings. The maximum atomic E-state index is 4.50. The molecule has 0 unspecified atom stereocenters. The van der Waals surface area contributed by atoms with E-state index in [0.717, 1.165) is 5.92 Å². The van der Waals surface area contributed by atoms with Gasteiger partial charge in [-0.25, -0.2) is 4.98 Å². The third kappa shape index (κ3) is 1.82. The molecule has 1 saturated carbocycles. The minimum absolute atomic E-state index is 0.772. The highest BCUT2D eigenvalue weighted by molar-refractivity contribution is 7.15. The summed E-state index contributed by atoms with van der Waals surface area (Å²) in [5, 5.41) is 1.33. The lowest BCUT2D eigenvalue weighted by Gasteiger charge is -1.97. The van der Waals surface area contributed by atoms with Gasteiger partial charge >= 0.3 is 0 Å². The van der Waals surface area contributed by atoms with Crippen molar-refractivity contribution >= 4 is 11.3 Å². The van der Waals surface area contributed by atoms with Gasteiger partial charge in [0.15, 0.2) is 0 Å². The maximum Gasteiger partial charge on any atom is 0.0962 e. The zero-order valence-electron chi connectivity index (χ0n) is 8.73. The van der Waals surface area contributed by atoms with Crippen LogP contribution in [0.4, 0.5) is 0 Å². The Labute approximate surface area is 93.8 Å². The van der Waals surface area contributed by atoms with E-state index in [0.29, 0.717) is 0 Å². The van der Waals surface area contributed by atoms with Crippen LogP contribution in [0, 0.1) is 6.92 Å².